The summed E-state index contributed by atoms with van der Waals surface area (Å²) in [6, 6.07) is 2.72. The van der Waals surface area contributed by atoms with E-state index in [1.165, 1.54) is 11.6 Å². The highest BCUT2D eigenvalue weighted by atomic mass is 35.5. The molecule has 6 nitrogen and oxygen atoms in total. The van der Waals surface area contributed by atoms with Gasteiger partial charge in [0.25, 0.3) is 5.91 Å². The van der Waals surface area contributed by atoms with Crippen LogP contribution in [0.25, 0.3) is 0 Å². The molecule has 9 heteroatoms. The molecule has 1 heterocycles. The van der Waals surface area contributed by atoms with Crippen molar-refractivity contribution in [3.8, 4) is 0 Å². The van der Waals surface area contributed by atoms with Crippen LogP contribution in [-0.4, -0.2) is 27.8 Å². The number of amides is 1. The number of carbonyl (C=O) groups excluding carboxylic acids is 2. The van der Waals surface area contributed by atoms with Crippen molar-refractivity contribution in [1.82, 2.24) is 9.78 Å². The number of aryl methyl sites for hydroxylation is 2. The summed E-state index contributed by atoms with van der Waals surface area (Å²) < 4.78 is 33.2. The summed E-state index contributed by atoms with van der Waals surface area (Å²) in [5.41, 5.74) is 0.254. The van der Waals surface area contributed by atoms with Gasteiger partial charge in [0.2, 0.25) is 0 Å². The minimum absolute atomic E-state index is 0.0837. The van der Waals surface area contributed by atoms with Crippen molar-refractivity contribution in [3.05, 3.63) is 46.2 Å². The topological polar surface area (TPSA) is 73.2 Å². The number of carbonyl (C=O) groups is 2. The molecule has 27 heavy (non-hydrogen) atoms. The second-order valence-corrected chi connectivity index (χ2v) is 6.35. The first kappa shape index (κ1) is 20.8. The Morgan fingerprint density at radius 1 is 1.37 bits per heavy atom. The average molecular weight is 400 g/mol. The van der Waals surface area contributed by atoms with Crippen LogP contribution in [0.5, 0.6) is 0 Å². The molecule has 0 bridgehead atoms. The van der Waals surface area contributed by atoms with Crippen molar-refractivity contribution >= 4 is 29.2 Å². The van der Waals surface area contributed by atoms with Gasteiger partial charge in [-0.15, -0.1) is 0 Å². The predicted octanol–water partition coefficient (Wildman–Crippen LogP) is 4.11. The van der Waals surface area contributed by atoms with Gasteiger partial charge < -0.3 is 10.1 Å². The molecular weight excluding hydrogens is 380 g/mol. The van der Waals surface area contributed by atoms with Gasteiger partial charge in [0.05, 0.1) is 11.4 Å². The minimum atomic E-state index is -1.23. The van der Waals surface area contributed by atoms with Crippen molar-refractivity contribution in [2.45, 2.75) is 46.3 Å². The second-order valence-electron chi connectivity index (χ2n) is 5.99. The maximum absolute atomic E-state index is 13.6. The lowest BCUT2D eigenvalue weighted by Gasteiger charge is -2.14. The first-order valence-electron chi connectivity index (χ1n) is 8.44. The van der Waals surface area contributed by atoms with Crippen LogP contribution >= 0.6 is 11.6 Å². The fourth-order valence-corrected chi connectivity index (χ4v) is 2.68. The van der Waals surface area contributed by atoms with E-state index < -0.39 is 29.6 Å². The SMILES string of the molecule is CCCCn1nc(C)c(C(=O)O[C@@H](C)C(=O)Nc2ccc(F)cc2F)c1Cl. The number of nitrogens with one attached hydrogen (secondary N) is 1. The van der Waals surface area contributed by atoms with Crippen LogP contribution < -0.4 is 5.32 Å². The molecule has 0 aliphatic rings. The van der Waals surface area contributed by atoms with Crippen molar-refractivity contribution in [2.75, 3.05) is 5.32 Å². The number of aromatic nitrogens is 2. The largest absolute Gasteiger partial charge is 0.449 e. The van der Waals surface area contributed by atoms with Gasteiger partial charge >= 0.3 is 5.97 Å². The molecule has 0 radical (unpaired) electrons. The standard InChI is InChI=1S/C18H20ClF2N3O3/c1-4-5-8-24-16(19)15(10(2)23-24)18(26)27-11(3)17(25)22-14-7-6-12(20)9-13(14)21/h6-7,9,11H,4-5,8H2,1-3H3,(H,22,25)/t11-/m0/s1. The lowest BCUT2D eigenvalue weighted by molar-refractivity contribution is -0.123. The average Bonchev–Trinajstić information content (AvgIpc) is 2.88. The van der Waals surface area contributed by atoms with Crippen molar-refractivity contribution in [3.63, 3.8) is 0 Å². The number of hydrogen-bond donors (Lipinski definition) is 1. The molecular formula is C18H20ClF2N3O3. The van der Waals surface area contributed by atoms with E-state index in [0.29, 0.717) is 18.3 Å². The Balaban J connectivity index is 2.06. The summed E-state index contributed by atoms with van der Waals surface area (Å²) in [5, 5.41) is 6.59. The van der Waals surface area contributed by atoms with E-state index >= 15 is 0 Å². The molecule has 1 N–H and O–H groups in total. The highest BCUT2D eigenvalue weighted by Crippen LogP contribution is 2.22. The van der Waals surface area contributed by atoms with E-state index in [1.54, 1.807) is 6.92 Å². The zero-order chi connectivity index (χ0) is 20.1. The molecule has 0 saturated heterocycles. The Morgan fingerprint density at radius 3 is 2.70 bits per heavy atom. The summed E-state index contributed by atoms with van der Waals surface area (Å²) in [5.74, 6) is -3.27. The van der Waals surface area contributed by atoms with Gasteiger partial charge in [-0.25, -0.2) is 13.6 Å². The Bertz CT molecular complexity index is 855. The summed E-state index contributed by atoms with van der Waals surface area (Å²) in [4.78, 5) is 24.5. The molecule has 0 aliphatic carbocycles. The quantitative estimate of drug-likeness (QED) is 0.711. The molecule has 1 atom stereocenters. The van der Waals surface area contributed by atoms with E-state index in [9.17, 15) is 18.4 Å². The van der Waals surface area contributed by atoms with Crippen LogP contribution in [0.3, 0.4) is 0 Å². The number of ether oxygens (including phenoxy) is 1. The van der Waals surface area contributed by atoms with Gasteiger partial charge in [-0.3, -0.25) is 9.48 Å². The number of anilines is 1. The van der Waals surface area contributed by atoms with Crippen molar-refractivity contribution < 1.29 is 23.1 Å². The van der Waals surface area contributed by atoms with Crippen LogP contribution in [0.4, 0.5) is 14.5 Å². The highest BCUT2D eigenvalue weighted by molar-refractivity contribution is 6.32. The highest BCUT2D eigenvalue weighted by Gasteiger charge is 2.26. The number of rotatable bonds is 7. The van der Waals surface area contributed by atoms with Crippen molar-refractivity contribution in [2.24, 2.45) is 0 Å². The lowest BCUT2D eigenvalue weighted by atomic mass is 10.2. The van der Waals surface area contributed by atoms with Gasteiger partial charge in [0.1, 0.15) is 22.4 Å². The molecule has 146 valence electrons. The molecule has 0 saturated carbocycles. The van der Waals surface area contributed by atoms with Gasteiger partial charge in [-0.05, 0) is 32.4 Å². The predicted molar refractivity (Wildman–Crippen MR) is 96.7 cm³/mol. The third-order valence-corrected chi connectivity index (χ3v) is 4.22. The van der Waals surface area contributed by atoms with E-state index in [1.807, 2.05) is 6.92 Å². The Labute approximate surface area is 160 Å². The molecule has 0 unspecified atom stereocenters. The molecule has 2 aromatic rings. The summed E-state index contributed by atoms with van der Waals surface area (Å²) in [6.07, 6.45) is 0.556. The van der Waals surface area contributed by atoms with E-state index in [2.05, 4.69) is 10.4 Å². The van der Waals surface area contributed by atoms with E-state index in [-0.39, 0.29) is 16.4 Å². The normalized spacial score (nSPS) is 11.9. The van der Waals surface area contributed by atoms with Gasteiger partial charge in [-0.2, -0.15) is 5.10 Å². The molecule has 1 amide bonds. The van der Waals surface area contributed by atoms with E-state index in [4.69, 9.17) is 16.3 Å². The number of hydrogen-bond acceptors (Lipinski definition) is 4. The molecule has 0 aliphatic heterocycles. The maximum Gasteiger partial charge on any atom is 0.343 e. The number of esters is 1. The monoisotopic (exact) mass is 399 g/mol. The third kappa shape index (κ3) is 5.03. The number of nitrogens with zero attached hydrogens (tertiary/aromatic N) is 2. The second kappa shape index (κ2) is 8.94. The number of benzene rings is 1. The maximum atomic E-state index is 13.6. The van der Waals surface area contributed by atoms with Crippen molar-refractivity contribution in [1.29, 1.82) is 0 Å². The van der Waals surface area contributed by atoms with Crippen LogP contribution in [0.1, 0.15) is 42.7 Å². The smallest absolute Gasteiger partial charge is 0.343 e. The van der Waals surface area contributed by atoms with Gasteiger partial charge in [-0.1, -0.05) is 24.9 Å². The van der Waals surface area contributed by atoms with Crippen LogP contribution in [0, 0.1) is 18.6 Å². The summed E-state index contributed by atoms with van der Waals surface area (Å²) in [6.45, 7) is 5.52. The molecule has 0 fully saturated rings. The molecule has 2 rings (SSSR count). The zero-order valence-electron chi connectivity index (χ0n) is 15.2. The lowest BCUT2D eigenvalue weighted by Crippen LogP contribution is -2.30. The fraction of sp³-hybridized carbons (Fsp3) is 0.389. The minimum Gasteiger partial charge on any atom is -0.449 e. The first-order valence-corrected chi connectivity index (χ1v) is 8.82. The Hall–Kier alpha value is -2.48. The Kier molecular flexibility index (Phi) is 6.90. The van der Waals surface area contributed by atoms with Gasteiger partial charge in [0.15, 0.2) is 6.10 Å². The molecule has 0 spiro atoms. The van der Waals surface area contributed by atoms with E-state index in [0.717, 1.165) is 25.0 Å². The third-order valence-electron chi connectivity index (χ3n) is 3.84. The molecule has 1 aromatic heterocycles. The fourth-order valence-electron chi connectivity index (χ4n) is 2.34. The van der Waals surface area contributed by atoms with Gasteiger partial charge in [0, 0.05) is 12.6 Å². The first-order chi connectivity index (χ1) is 12.7. The summed E-state index contributed by atoms with van der Waals surface area (Å²) in [7, 11) is 0. The molecule has 1 aromatic carbocycles. The summed E-state index contributed by atoms with van der Waals surface area (Å²) >= 11 is 6.20. The van der Waals surface area contributed by atoms with Crippen LogP contribution in [-0.2, 0) is 16.1 Å². The van der Waals surface area contributed by atoms with Crippen LogP contribution in [0.2, 0.25) is 5.15 Å². The number of unbranched alkanes of at least 4 members (excludes halogenated alkanes) is 1. The number of halogens is 3. The zero-order valence-corrected chi connectivity index (χ0v) is 15.9. The Morgan fingerprint density at radius 2 is 2.07 bits per heavy atom. The van der Waals surface area contributed by atoms with Crippen LogP contribution in [0.15, 0.2) is 18.2 Å².